The number of likely N-dealkylation sites (tertiary alicyclic amines) is 1. The molecule has 25 heteroatoms. The molecule has 11 N–H and O–H groups in total. The number of carbonyl (C=O) groups excluding carboxylic acids is 7. The van der Waals surface area contributed by atoms with Crippen LogP contribution in [0.5, 0.6) is 0 Å². The number of primary amides is 1. The van der Waals surface area contributed by atoms with Crippen molar-refractivity contribution in [2.24, 2.45) is 34.0 Å². The maximum atomic E-state index is 15.0. The molecule has 23 nitrogen and oxygen atoms in total. The highest BCUT2D eigenvalue weighted by Crippen LogP contribution is 2.44. The van der Waals surface area contributed by atoms with Gasteiger partial charge in [-0.15, -0.1) is 11.8 Å². The van der Waals surface area contributed by atoms with E-state index in [1.165, 1.54) is 4.31 Å². The van der Waals surface area contributed by atoms with Gasteiger partial charge in [0.25, 0.3) is 0 Å². The van der Waals surface area contributed by atoms with Gasteiger partial charge in [-0.25, -0.2) is 8.42 Å². The number of thioether (sulfide) groups is 1. The Morgan fingerprint density at radius 1 is 0.805 bits per heavy atom. The number of carbonyl (C=O) groups is 7. The lowest BCUT2D eigenvalue weighted by atomic mass is 9.93. The van der Waals surface area contributed by atoms with Gasteiger partial charge in [0.2, 0.25) is 62.4 Å². The van der Waals surface area contributed by atoms with E-state index < -0.39 is 93.3 Å². The normalized spacial score (nSPS) is 16.3. The highest BCUT2D eigenvalue weighted by molar-refractivity contribution is 8.00. The first-order chi connectivity index (χ1) is 41.7. The third-order valence-corrected chi connectivity index (χ3v) is 18.8. The fraction of sp³-hybridized carbons (Fsp3) is 0.371. The number of likely N-dealkylation sites (N-methyl/N-ethyl adjacent to an activating group) is 1. The Kier molecular flexibility index (Phi) is 21.6. The van der Waals surface area contributed by atoms with Gasteiger partial charge in [0.1, 0.15) is 37.1 Å². The minimum absolute atomic E-state index is 0.0153. The Morgan fingerprint density at radius 3 is 2.17 bits per heavy atom. The van der Waals surface area contributed by atoms with Gasteiger partial charge in [0, 0.05) is 115 Å². The molecule has 3 aliphatic heterocycles. The molecule has 3 heterocycles. The van der Waals surface area contributed by atoms with E-state index in [4.69, 9.17) is 21.6 Å². The number of benzene rings is 5. The fourth-order valence-corrected chi connectivity index (χ4v) is 13.5. The summed E-state index contributed by atoms with van der Waals surface area (Å²) in [6.07, 6.45) is 0.686. The molecule has 4 aromatic carbocycles. The summed E-state index contributed by atoms with van der Waals surface area (Å²) in [5, 5.41) is 14.2. The Hall–Kier alpha value is -8.65. The molecule has 1 unspecified atom stereocenters. The predicted octanol–water partition coefficient (Wildman–Crippen LogP) is 3.30. The zero-order chi connectivity index (χ0) is 62.5. The van der Waals surface area contributed by atoms with Crippen LogP contribution in [0.15, 0.2) is 136 Å². The summed E-state index contributed by atoms with van der Waals surface area (Å²) < 4.78 is 40.2. The molecule has 2 saturated heterocycles. The van der Waals surface area contributed by atoms with Crippen molar-refractivity contribution in [1.82, 2.24) is 40.4 Å². The molecule has 0 bridgehead atoms. The van der Waals surface area contributed by atoms with Gasteiger partial charge in [-0.1, -0.05) is 68.4 Å². The number of anilines is 2. The molecule has 0 aromatic heterocycles. The summed E-state index contributed by atoms with van der Waals surface area (Å²) in [5.41, 5.74) is 21.3. The number of guanidine groups is 1. The van der Waals surface area contributed by atoms with Crippen molar-refractivity contribution in [3.63, 3.8) is 0 Å². The quantitative estimate of drug-likeness (QED) is 0.00965. The summed E-state index contributed by atoms with van der Waals surface area (Å²) in [7, 11) is 1.35. The second-order valence-electron chi connectivity index (χ2n) is 21.8. The minimum atomic E-state index is -4.18. The number of nitrogens with zero attached hydrogens (tertiary/aromatic N) is 5. The lowest BCUT2D eigenvalue weighted by molar-refractivity contribution is -0.139. The lowest BCUT2D eigenvalue weighted by Crippen LogP contribution is -2.58. The van der Waals surface area contributed by atoms with E-state index in [9.17, 15) is 42.0 Å². The largest absolute Gasteiger partial charge is 0.456 e. The molecule has 8 rings (SSSR count). The van der Waals surface area contributed by atoms with Crippen molar-refractivity contribution < 1.29 is 46.4 Å². The lowest BCUT2D eigenvalue weighted by Gasteiger charge is -2.31. The number of hydrogen-bond acceptors (Lipinski definition) is 14. The summed E-state index contributed by atoms with van der Waals surface area (Å²) in [4.78, 5) is 100. The van der Waals surface area contributed by atoms with E-state index >= 15 is 0 Å². The summed E-state index contributed by atoms with van der Waals surface area (Å²) in [6.45, 7) is 3.18. The van der Waals surface area contributed by atoms with Gasteiger partial charge in [0.15, 0.2) is 5.96 Å². The van der Waals surface area contributed by atoms with Gasteiger partial charge < -0.3 is 53.1 Å². The number of amides is 7. The number of aliphatic imine (C=N–C) groups is 1. The van der Waals surface area contributed by atoms with Crippen LogP contribution in [0.2, 0.25) is 0 Å². The standard InChI is InChI=1S/C62H75N13O10S2/c1-38(2)56(71-59(80)47(66-3)20-14-29-68-62(64)65)60(81)70-48(58(79)67-30-26-53(63)76)36-86-51-35-54(77)75(61(51)82)37-69-57(78)39-27-31-74(32-28-39)87(83,84)52-21-13-12-19-46(52)55-44-24-22-42(72(4)40-15-8-6-9-16-40)33-49(44)85-50-34-43(23-25-45(50)55)73(5)41-17-10-7-11-18-41/h6-13,15-19,21-25,33-34,38-39,47-48,51,56,66H,14,20,26-32,35-37H2,1-5H3,(H9-,63,64,65,67,68,69,70,71,76,78,79,80,81)/p+1/t47-,48-,51?,56-/m0/s1. The minimum Gasteiger partial charge on any atom is -0.456 e. The van der Waals surface area contributed by atoms with E-state index in [2.05, 4.69) is 31.6 Å². The van der Waals surface area contributed by atoms with Crippen LogP contribution in [0.1, 0.15) is 52.4 Å². The molecular weight excluding hydrogens is 1150 g/mol. The number of rotatable bonds is 26. The van der Waals surface area contributed by atoms with Crippen LogP contribution in [0.25, 0.3) is 33.4 Å². The van der Waals surface area contributed by atoms with Gasteiger partial charge in [-0.2, -0.15) is 8.88 Å². The van der Waals surface area contributed by atoms with Crippen molar-refractivity contribution in [2.75, 3.05) is 64.6 Å². The molecular formula is C62H76N13O10S2+. The zero-order valence-corrected chi connectivity index (χ0v) is 51.0. The van der Waals surface area contributed by atoms with Crippen LogP contribution in [0.4, 0.5) is 17.1 Å². The third kappa shape index (κ3) is 15.7. The van der Waals surface area contributed by atoms with Crippen LogP contribution in [-0.2, 0) is 43.6 Å². The van der Waals surface area contributed by atoms with E-state index in [0.717, 1.165) is 39.1 Å². The van der Waals surface area contributed by atoms with E-state index in [-0.39, 0.29) is 61.9 Å². The third-order valence-electron chi connectivity index (χ3n) is 15.6. The molecule has 460 valence electrons. The Balaban J connectivity index is 0.930. The van der Waals surface area contributed by atoms with Gasteiger partial charge in [-0.05, 0) is 75.0 Å². The highest BCUT2D eigenvalue weighted by atomic mass is 32.2. The molecule has 0 saturated carbocycles. The van der Waals surface area contributed by atoms with Gasteiger partial charge in [0.05, 0.1) is 22.3 Å². The monoisotopic (exact) mass is 1230 g/mol. The molecule has 4 aromatic rings. The van der Waals surface area contributed by atoms with E-state index in [1.54, 1.807) is 39.1 Å². The maximum Gasteiger partial charge on any atom is 0.244 e. The number of hydrogen-bond donors (Lipinski definition) is 8. The van der Waals surface area contributed by atoms with Crippen molar-refractivity contribution in [1.29, 1.82) is 0 Å². The molecule has 4 atom stereocenters. The molecule has 87 heavy (non-hydrogen) atoms. The van der Waals surface area contributed by atoms with Crippen molar-refractivity contribution in [2.45, 2.75) is 80.6 Å². The number of para-hydroxylation sites is 2. The first-order valence-corrected chi connectivity index (χ1v) is 31.3. The summed E-state index contributed by atoms with van der Waals surface area (Å²) in [6, 6.07) is 35.4. The Bertz CT molecular complexity index is 3680. The van der Waals surface area contributed by atoms with Crippen molar-refractivity contribution in [3.05, 3.63) is 127 Å². The molecule has 7 amide bonds. The van der Waals surface area contributed by atoms with E-state index in [0.29, 0.717) is 52.8 Å². The number of imide groups is 1. The van der Waals surface area contributed by atoms with Crippen molar-refractivity contribution in [3.8, 4) is 22.5 Å². The molecule has 2 fully saturated rings. The number of nitrogens with two attached hydrogens (primary N) is 3. The second-order valence-corrected chi connectivity index (χ2v) is 24.9. The Labute approximate surface area is 509 Å². The van der Waals surface area contributed by atoms with Crippen LogP contribution in [-0.4, -0.2) is 148 Å². The first-order valence-electron chi connectivity index (χ1n) is 28.8. The Morgan fingerprint density at radius 2 is 1.49 bits per heavy atom. The van der Waals surface area contributed by atoms with Crippen LogP contribution in [0.3, 0.4) is 0 Å². The summed E-state index contributed by atoms with van der Waals surface area (Å²) >= 11 is 0.950. The molecule has 0 radical (unpaired) electrons. The van der Waals surface area contributed by atoms with Crippen LogP contribution >= 0.6 is 11.8 Å². The zero-order valence-electron chi connectivity index (χ0n) is 49.4. The average molecular weight is 1230 g/mol. The number of fused-ring (bicyclic) bond motifs is 2. The SMILES string of the molecule is CN[C@@H](CCCN=C(N)N)C(=O)N[C@H](C(=O)N[C@@H](CSC1CC(=O)N(CNC(=O)C2CCN(S(=O)(=O)c3ccccc3-c3c4ccc(=[N+](C)c5ccccc5)cc-4oc4cc(N(C)c5ccccc5)ccc34)CC2)C1=O)C(=O)NCCC(N)=O)C(C)C. The average Bonchev–Trinajstić information content (AvgIpc) is 1.30. The van der Waals surface area contributed by atoms with E-state index in [1.807, 2.05) is 127 Å². The first kappa shape index (κ1) is 64.4. The second kappa shape index (κ2) is 29.2. The van der Waals surface area contributed by atoms with Gasteiger partial charge in [-0.3, -0.25) is 43.5 Å². The predicted molar refractivity (Wildman–Crippen MR) is 336 cm³/mol. The highest BCUT2D eigenvalue weighted by Gasteiger charge is 2.41. The molecule has 1 aliphatic carbocycles. The summed E-state index contributed by atoms with van der Waals surface area (Å²) in [5.74, 6) is -4.98. The maximum absolute atomic E-state index is 15.0. The van der Waals surface area contributed by atoms with Crippen molar-refractivity contribution >= 4 is 97.1 Å². The van der Waals surface area contributed by atoms with Gasteiger partial charge >= 0.3 is 0 Å². The van der Waals surface area contributed by atoms with Crippen LogP contribution < -0.4 is 58.6 Å². The molecule has 0 spiro atoms. The number of sulfonamides is 1. The molecule has 4 aliphatic rings. The smallest absolute Gasteiger partial charge is 0.244 e. The topological polar surface area (TPSA) is 330 Å². The van der Waals surface area contributed by atoms with Crippen LogP contribution in [0, 0.1) is 11.8 Å². The fourth-order valence-electron chi connectivity index (χ4n) is 10.6. The number of nitrogens with one attached hydrogen (secondary N) is 5. The number of piperidine rings is 1.